The standard InChI is InChI=1S/C16H21BrN2O4S/c1-23-10-9-19(14-7-11-24(21,22)12-14)16(20)18-8-6-13-4-2-3-5-15(13)17/h2-6,8,14H,7,9-12H2,1H3,(H,18,20)/b8-6+. The normalized spacial score (nSPS) is 19.5. The number of halogens is 1. The Hall–Kier alpha value is -1.38. The predicted octanol–water partition coefficient (Wildman–Crippen LogP) is 2.26. The van der Waals surface area contributed by atoms with Crippen molar-refractivity contribution in [3.05, 3.63) is 40.5 Å². The van der Waals surface area contributed by atoms with Crippen LogP contribution in [0.5, 0.6) is 0 Å². The Kier molecular flexibility index (Phi) is 6.82. The van der Waals surface area contributed by atoms with E-state index >= 15 is 0 Å². The molecule has 1 aliphatic heterocycles. The molecular formula is C16H21BrN2O4S. The minimum atomic E-state index is -3.05. The average molecular weight is 417 g/mol. The van der Waals surface area contributed by atoms with Crippen molar-refractivity contribution in [1.82, 2.24) is 10.2 Å². The molecule has 24 heavy (non-hydrogen) atoms. The summed E-state index contributed by atoms with van der Waals surface area (Å²) in [5, 5.41) is 2.71. The van der Waals surface area contributed by atoms with Crippen LogP contribution in [0.25, 0.3) is 6.08 Å². The second-order valence-corrected chi connectivity index (χ2v) is 8.63. The van der Waals surface area contributed by atoms with Gasteiger partial charge in [0, 0.05) is 30.4 Å². The van der Waals surface area contributed by atoms with Gasteiger partial charge in [-0.3, -0.25) is 0 Å². The number of urea groups is 1. The molecule has 0 aliphatic carbocycles. The Balaban J connectivity index is 2.01. The molecule has 2 amide bonds. The van der Waals surface area contributed by atoms with Crippen LogP contribution < -0.4 is 5.32 Å². The molecule has 0 spiro atoms. The van der Waals surface area contributed by atoms with Gasteiger partial charge in [-0.2, -0.15) is 0 Å². The van der Waals surface area contributed by atoms with E-state index in [0.29, 0.717) is 19.6 Å². The number of sulfone groups is 1. The quantitative estimate of drug-likeness (QED) is 0.771. The number of carbonyl (C=O) groups excluding carboxylic acids is 1. The monoisotopic (exact) mass is 416 g/mol. The maximum absolute atomic E-state index is 12.4. The Morgan fingerprint density at radius 1 is 1.46 bits per heavy atom. The van der Waals surface area contributed by atoms with Crippen LogP contribution in [0, 0.1) is 0 Å². The highest BCUT2D eigenvalue weighted by atomic mass is 79.9. The topological polar surface area (TPSA) is 75.7 Å². The zero-order valence-corrected chi connectivity index (χ0v) is 15.8. The summed E-state index contributed by atoms with van der Waals surface area (Å²) in [5.41, 5.74) is 0.935. The van der Waals surface area contributed by atoms with Crippen LogP contribution in [0.2, 0.25) is 0 Å². The van der Waals surface area contributed by atoms with Gasteiger partial charge in [0.1, 0.15) is 0 Å². The van der Waals surface area contributed by atoms with Crippen LogP contribution in [0.4, 0.5) is 4.79 Å². The van der Waals surface area contributed by atoms with E-state index < -0.39 is 9.84 Å². The molecule has 2 rings (SSSR count). The van der Waals surface area contributed by atoms with Crippen LogP contribution in [-0.4, -0.2) is 57.2 Å². The minimum Gasteiger partial charge on any atom is -0.383 e. The molecule has 0 radical (unpaired) electrons. The third-order valence-corrected chi connectivity index (χ3v) is 6.29. The van der Waals surface area contributed by atoms with Gasteiger partial charge in [-0.15, -0.1) is 0 Å². The summed E-state index contributed by atoms with van der Waals surface area (Å²) in [6.45, 7) is 0.712. The molecular weight excluding hydrogens is 396 g/mol. The van der Waals surface area contributed by atoms with E-state index in [0.717, 1.165) is 10.0 Å². The lowest BCUT2D eigenvalue weighted by atomic mass is 10.2. The second kappa shape index (κ2) is 8.64. The largest absolute Gasteiger partial charge is 0.383 e. The molecule has 6 nitrogen and oxygen atoms in total. The van der Waals surface area contributed by atoms with E-state index in [2.05, 4.69) is 21.2 Å². The van der Waals surface area contributed by atoms with E-state index in [4.69, 9.17) is 4.74 Å². The number of nitrogens with one attached hydrogen (secondary N) is 1. The molecule has 1 atom stereocenters. The molecule has 0 aromatic heterocycles. The zero-order chi connectivity index (χ0) is 17.6. The van der Waals surface area contributed by atoms with Crippen molar-refractivity contribution in [2.45, 2.75) is 12.5 Å². The van der Waals surface area contributed by atoms with Crippen molar-refractivity contribution in [2.24, 2.45) is 0 Å². The molecule has 1 saturated heterocycles. The fraction of sp³-hybridized carbons (Fsp3) is 0.438. The Morgan fingerprint density at radius 3 is 2.83 bits per heavy atom. The summed E-state index contributed by atoms with van der Waals surface area (Å²) in [6.07, 6.45) is 3.81. The van der Waals surface area contributed by atoms with Gasteiger partial charge < -0.3 is 15.0 Å². The van der Waals surface area contributed by atoms with E-state index in [1.54, 1.807) is 24.3 Å². The van der Waals surface area contributed by atoms with Crippen LogP contribution in [-0.2, 0) is 14.6 Å². The molecule has 0 saturated carbocycles. The lowest BCUT2D eigenvalue weighted by Crippen LogP contribution is -2.46. The first kappa shape index (κ1) is 19.0. The number of ether oxygens (including phenoxy) is 1. The Bertz CT molecular complexity index is 706. The van der Waals surface area contributed by atoms with Gasteiger partial charge in [0.15, 0.2) is 9.84 Å². The summed E-state index contributed by atoms with van der Waals surface area (Å²) in [4.78, 5) is 14.0. The van der Waals surface area contributed by atoms with Crippen molar-refractivity contribution in [2.75, 3.05) is 31.8 Å². The fourth-order valence-corrected chi connectivity index (χ4v) is 4.70. The van der Waals surface area contributed by atoms with Gasteiger partial charge in [0.2, 0.25) is 0 Å². The maximum atomic E-state index is 12.4. The van der Waals surface area contributed by atoms with Crippen molar-refractivity contribution in [3.8, 4) is 0 Å². The molecule has 1 unspecified atom stereocenters. The molecule has 1 N–H and O–H groups in total. The number of amides is 2. The number of methoxy groups -OCH3 is 1. The van der Waals surface area contributed by atoms with Crippen LogP contribution in [0.15, 0.2) is 34.9 Å². The van der Waals surface area contributed by atoms with Gasteiger partial charge in [-0.25, -0.2) is 13.2 Å². The lowest BCUT2D eigenvalue weighted by molar-refractivity contribution is 0.135. The molecule has 1 aromatic carbocycles. The second-order valence-electron chi connectivity index (χ2n) is 5.55. The highest BCUT2D eigenvalue weighted by molar-refractivity contribution is 9.10. The van der Waals surface area contributed by atoms with E-state index in [-0.39, 0.29) is 23.6 Å². The first-order valence-electron chi connectivity index (χ1n) is 7.60. The highest BCUT2D eigenvalue weighted by Gasteiger charge is 2.34. The number of hydrogen-bond acceptors (Lipinski definition) is 4. The Labute approximate surface area is 150 Å². The molecule has 132 valence electrons. The molecule has 0 bridgehead atoms. The van der Waals surface area contributed by atoms with Crippen molar-refractivity contribution in [1.29, 1.82) is 0 Å². The summed E-state index contributed by atoms with van der Waals surface area (Å²) >= 11 is 3.44. The minimum absolute atomic E-state index is 0.0120. The van der Waals surface area contributed by atoms with Crippen LogP contribution in [0.1, 0.15) is 12.0 Å². The highest BCUT2D eigenvalue weighted by Crippen LogP contribution is 2.18. The first-order chi connectivity index (χ1) is 11.4. The van der Waals surface area contributed by atoms with E-state index in [1.165, 1.54) is 0 Å². The van der Waals surface area contributed by atoms with Gasteiger partial charge in [0.05, 0.1) is 18.1 Å². The SMILES string of the molecule is COCCN(C(=O)N/C=C/c1ccccc1Br)C1CCS(=O)(=O)C1. The average Bonchev–Trinajstić information content (AvgIpc) is 2.89. The number of benzene rings is 1. The number of rotatable bonds is 6. The maximum Gasteiger partial charge on any atom is 0.321 e. The number of nitrogens with zero attached hydrogens (tertiary/aromatic N) is 1. The zero-order valence-electron chi connectivity index (χ0n) is 13.4. The summed E-state index contributed by atoms with van der Waals surface area (Å²) < 4.78 is 29.3. The van der Waals surface area contributed by atoms with Crippen LogP contribution in [0.3, 0.4) is 0 Å². The van der Waals surface area contributed by atoms with E-state index in [1.807, 2.05) is 24.3 Å². The lowest BCUT2D eigenvalue weighted by Gasteiger charge is -2.27. The van der Waals surface area contributed by atoms with Gasteiger partial charge in [0.25, 0.3) is 0 Å². The molecule has 1 aromatic rings. The van der Waals surface area contributed by atoms with Gasteiger partial charge >= 0.3 is 6.03 Å². The third kappa shape index (κ3) is 5.32. The van der Waals surface area contributed by atoms with Crippen molar-refractivity contribution in [3.63, 3.8) is 0 Å². The predicted molar refractivity (Wildman–Crippen MR) is 97.3 cm³/mol. The van der Waals surface area contributed by atoms with Gasteiger partial charge in [-0.1, -0.05) is 34.1 Å². The summed E-state index contributed by atoms with van der Waals surface area (Å²) in [7, 11) is -1.50. The smallest absolute Gasteiger partial charge is 0.321 e. The first-order valence-corrected chi connectivity index (χ1v) is 10.2. The fourth-order valence-electron chi connectivity index (χ4n) is 2.56. The summed E-state index contributed by atoms with van der Waals surface area (Å²) in [6, 6.07) is 7.02. The Morgan fingerprint density at radius 2 is 2.21 bits per heavy atom. The van der Waals surface area contributed by atoms with Crippen molar-refractivity contribution < 1.29 is 17.9 Å². The number of hydrogen-bond donors (Lipinski definition) is 1. The summed E-state index contributed by atoms with van der Waals surface area (Å²) in [5.74, 6) is 0.138. The molecule has 1 fully saturated rings. The van der Waals surface area contributed by atoms with E-state index in [9.17, 15) is 13.2 Å². The van der Waals surface area contributed by atoms with Crippen LogP contribution >= 0.6 is 15.9 Å². The number of carbonyl (C=O) groups is 1. The van der Waals surface area contributed by atoms with Crippen molar-refractivity contribution >= 4 is 37.9 Å². The molecule has 1 heterocycles. The molecule has 8 heteroatoms. The molecule has 1 aliphatic rings. The van der Waals surface area contributed by atoms with Gasteiger partial charge in [-0.05, 0) is 24.1 Å². The third-order valence-electron chi connectivity index (χ3n) is 3.82.